The number of ether oxygens (including phenoxy) is 1. The van der Waals surface area contributed by atoms with Crippen molar-refractivity contribution in [1.29, 1.82) is 0 Å². The molecule has 0 unspecified atom stereocenters. The van der Waals surface area contributed by atoms with E-state index in [-0.39, 0.29) is 29.5 Å². The summed E-state index contributed by atoms with van der Waals surface area (Å²) in [6, 6.07) is 15.5. The maximum absolute atomic E-state index is 13.1. The van der Waals surface area contributed by atoms with Crippen molar-refractivity contribution in [1.82, 2.24) is 0 Å². The summed E-state index contributed by atoms with van der Waals surface area (Å²) >= 11 is 6.31. The van der Waals surface area contributed by atoms with Crippen LogP contribution in [0.5, 0.6) is 0 Å². The lowest BCUT2D eigenvalue weighted by Gasteiger charge is -2.30. The standard InChI is InChI=1S/C23H27ClNO3P.BrH/c1-2-28-23(27)19-12-9-13-20(24)22(19)25-21(26)17-29(14-7-4-8-15-29)16-18-10-5-3-6-11-18;/h3,5-6,9-13H,2,4,7-8,14-17H2,1H3;1H. The molecule has 1 amide bonds. The Bertz CT molecular complexity index is 857. The van der Waals surface area contributed by atoms with Crippen LogP contribution in [0.3, 0.4) is 0 Å². The van der Waals surface area contributed by atoms with Crippen molar-refractivity contribution in [3.63, 3.8) is 0 Å². The summed E-state index contributed by atoms with van der Waals surface area (Å²) in [4.78, 5) is 25.3. The molecule has 0 aromatic heterocycles. The molecule has 2 aromatic carbocycles. The summed E-state index contributed by atoms with van der Waals surface area (Å²) in [5.41, 5.74) is 1.96. The van der Waals surface area contributed by atoms with Crippen molar-refractivity contribution in [3.05, 3.63) is 64.7 Å². The van der Waals surface area contributed by atoms with Crippen molar-refractivity contribution >= 4 is 36.4 Å². The fourth-order valence-corrected chi connectivity index (χ4v) is 8.69. The van der Waals surface area contributed by atoms with Gasteiger partial charge in [-0.3, -0.25) is 4.79 Å². The van der Waals surface area contributed by atoms with Gasteiger partial charge in [-0.05, 0) is 43.9 Å². The first-order valence-electron chi connectivity index (χ1n) is 10.2. The predicted molar refractivity (Wildman–Crippen MR) is 122 cm³/mol. The Morgan fingerprint density at radius 1 is 1.03 bits per heavy atom. The van der Waals surface area contributed by atoms with Crippen LogP contribution in [0.25, 0.3) is 0 Å². The highest BCUT2D eigenvalue weighted by Gasteiger charge is 2.41. The van der Waals surface area contributed by atoms with E-state index in [1.54, 1.807) is 25.1 Å². The topological polar surface area (TPSA) is 55.4 Å². The minimum Gasteiger partial charge on any atom is -1.00 e. The molecular formula is C23H28BrClNO3P. The van der Waals surface area contributed by atoms with Crippen LogP contribution in [0.2, 0.25) is 5.02 Å². The maximum atomic E-state index is 13.1. The second-order valence-electron chi connectivity index (χ2n) is 7.58. The largest absolute Gasteiger partial charge is 1.00 e. The average molecular weight is 513 g/mol. The number of esters is 1. The second kappa shape index (κ2) is 11.8. The number of carbonyl (C=O) groups excluding carboxylic acids is 2. The number of amides is 1. The third kappa shape index (κ3) is 6.54. The van der Waals surface area contributed by atoms with Crippen molar-refractivity contribution in [3.8, 4) is 0 Å². The van der Waals surface area contributed by atoms with Gasteiger partial charge in [0.15, 0.2) is 0 Å². The second-order valence-corrected chi connectivity index (χ2v) is 12.2. The fraction of sp³-hybridized carbons (Fsp3) is 0.391. The lowest BCUT2D eigenvalue weighted by atomic mass is 10.1. The van der Waals surface area contributed by atoms with Crippen LogP contribution in [-0.2, 0) is 15.7 Å². The zero-order valence-electron chi connectivity index (χ0n) is 17.2. The predicted octanol–water partition coefficient (Wildman–Crippen LogP) is 2.86. The van der Waals surface area contributed by atoms with E-state index < -0.39 is 13.2 Å². The van der Waals surface area contributed by atoms with E-state index in [0.29, 0.717) is 22.4 Å². The zero-order valence-corrected chi connectivity index (χ0v) is 20.4. The third-order valence-electron chi connectivity index (χ3n) is 5.38. The van der Waals surface area contributed by atoms with Crippen LogP contribution in [0.4, 0.5) is 5.69 Å². The Balaban J connectivity index is 0.00000320. The molecule has 0 aliphatic carbocycles. The number of para-hydroxylation sites is 1. The smallest absolute Gasteiger partial charge is 0.340 e. The summed E-state index contributed by atoms with van der Waals surface area (Å²) in [6.07, 6.45) is 7.42. The first-order valence-corrected chi connectivity index (χ1v) is 13.1. The Kier molecular flexibility index (Phi) is 9.80. The highest BCUT2D eigenvalue weighted by atomic mass is 79.9. The number of nitrogens with one attached hydrogen (secondary N) is 1. The highest BCUT2D eigenvalue weighted by Crippen LogP contribution is 2.64. The molecule has 0 radical (unpaired) electrons. The van der Waals surface area contributed by atoms with Gasteiger partial charge in [0.1, 0.15) is 6.16 Å². The molecule has 1 aliphatic rings. The van der Waals surface area contributed by atoms with Crippen LogP contribution < -0.4 is 22.3 Å². The van der Waals surface area contributed by atoms with E-state index in [1.165, 1.54) is 24.8 Å². The minimum atomic E-state index is -1.44. The molecule has 1 N–H and O–H groups in total. The van der Waals surface area contributed by atoms with Gasteiger partial charge in [-0.1, -0.05) is 48.0 Å². The number of rotatable bonds is 7. The van der Waals surface area contributed by atoms with Crippen molar-refractivity contribution in [2.24, 2.45) is 0 Å². The maximum Gasteiger partial charge on any atom is 0.340 e. The van der Waals surface area contributed by atoms with E-state index in [2.05, 4.69) is 29.6 Å². The molecule has 3 rings (SSSR count). The van der Waals surface area contributed by atoms with Gasteiger partial charge in [0, 0.05) is 7.26 Å². The van der Waals surface area contributed by atoms with Gasteiger partial charge < -0.3 is 27.0 Å². The van der Waals surface area contributed by atoms with Crippen LogP contribution in [0, 0.1) is 0 Å². The summed E-state index contributed by atoms with van der Waals surface area (Å²) < 4.78 is 5.11. The first-order chi connectivity index (χ1) is 14.0. The molecule has 162 valence electrons. The molecule has 0 saturated carbocycles. The molecule has 0 spiro atoms. The van der Waals surface area contributed by atoms with Gasteiger partial charge in [0.25, 0.3) is 5.91 Å². The van der Waals surface area contributed by atoms with Crippen molar-refractivity contribution in [2.45, 2.75) is 32.3 Å². The average Bonchev–Trinajstić information content (AvgIpc) is 2.71. The van der Waals surface area contributed by atoms with Gasteiger partial charge >= 0.3 is 5.97 Å². The van der Waals surface area contributed by atoms with E-state index in [1.807, 2.05) is 6.07 Å². The summed E-state index contributed by atoms with van der Waals surface area (Å²) in [7, 11) is -1.44. The molecule has 0 bridgehead atoms. The van der Waals surface area contributed by atoms with E-state index in [4.69, 9.17) is 16.3 Å². The van der Waals surface area contributed by atoms with Gasteiger partial charge in [-0.15, -0.1) is 0 Å². The highest BCUT2D eigenvalue weighted by molar-refractivity contribution is 7.76. The summed E-state index contributed by atoms with van der Waals surface area (Å²) in [6.45, 7) is 2.02. The van der Waals surface area contributed by atoms with Crippen molar-refractivity contribution < 1.29 is 31.3 Å². The van der Waals surface area contributed by atoms with E-state index in [0.717, 1.165) is 18.5 Å². The molecule has 1 fully saturated rings. The molecule has 0 atom stereocenters. The van der Waals surface area contributed by atoms with Crippen LogP contribution in [0.1, 0.15) is 42.1 Å². The zero-order chi connectivity index (χ0) is 20.7. The van der Waals surface area contributed by atoms with Gasteiger partial charge in [-0.25, -0.2) is 4.79 Å². The number of anilines is 1. The van der Waals surface area contributed by atoms with Crippen molar-refractivity contribution in [2.75, 3.05) is 30.4 Å². The minimum absolute atomic E-state index is 0. The molecular weight excluding hydrogens is 485 g/mol. The first kappa shape index (κ1) is 24.8. The number of benzene rings is 2. The Morgan fingerprint density at radius 2 is 1.73 bits per heavy atom. The summed E-state index contributed by atoms with van der Waals surface area (Å²) in [5.74, 6) is -0.536. The third-order valence-corrected chi connectivity index (χ3v) is 10.2. The normalized spacial score (nSPS) is 15.0. The van der Waals surface area contributed by atoms with Crippen LogP contribution in [0.15, 0.2) is 48.5 Å². The lowest BCUT2D eigenvalue weighted by molar-refractivity contribution is -0.113. The SMILES string of the molecule is CCOC(=O)c1cccc(Cl)c1NC(=O)C[P+]1(Cc2ccccc2)CCCCC1.[Br-]. The molecule has 7 heteroatoms. The number of hydrogen-bond acceptors (Lipinski definition) is 3. The van der Waals surface area contributed by atoms with Gasteiger partial charge in [-0.2, -0.15) is 0 Å². The molecule has 1 aliphatic heterocycles. The van der Waals surface area contributed by atoms with Crippen LogP contribution in [-0.4, -0.2) is 37.0 Å². The Hall–Kier alpha value is -1.42. The molecule has 2 aromatic rings. The van der Waals surface area contributed by atoms with E-state index >= 15 is 0 Å². The lowest BCUT2D eigenvalue weighted by Crippen LogP contribution is -3.00. The quantitative estimate of drug-likeness (QED) is 0.459. The van der Waals surface area contributed by atoms with Crippen LogP contribution >= 0.6 is 18.9 Å². The van der Waals surface area contributed by atoms with E-state index in [9.17, 15) is 9.59 Å². The number of hydrogen-bond donors (Lipinski definition) is 1. The van der Waals surface area contributed by atoms with Gasteiger partial charge in [0.05, 0.1) is 41.4 Å². The molecule has 30 heavy (non-hydrogen) atoms. The molecule has 1 saturated heterocycles. The molecule has 4 nitrogen and oxygen atoms in total. The molecule has 1 heterocycles. The van der Waals surface area contributed by atoms with Gasteiger partial charge in [0.2, 0.25) is 0 Å². The Labute approximate surface area is 194 Å². The fourth-order valence-electron chi connectivity index (χ4n) is 4.04. The number of halogens is 2. The Morgan fingerprint density at radius 3 is 2.40 bits per heavy atom. The summed E-state index contributed by atoms with van der Waals surface area (Å²) in [5, 5.41) is 3.28. The monoisotopic (exact) mass is 511 g/mol. The number of carbonyl (C=O) groups is 2.